The van der Waals surface area contributed by atoms with Gasteiger partial charge in [0.05, 0.1) is 29.4 Å². The van der Waals surface area contributed by atoms with Crippen LogP contribution >= 0.6 is 11.3 Å². The largest absolute Gasteiger partial charge is 0.378 e. The van der Waals surface area contributed by atoms with Crippen LogP contribution in [0.2, 0.25) is 0 Å². The Hall–Kier alpha value is -1.79. The summed E-state index contributed by atoms with van der Waals surface area (Å²) < 4.78 is 5.07. The number of anilines is 1. The topological polar surface area (TPSA) is 55.3 Å². The van der Waals surface area contributed by atoms with Gasteiger partial charge in [0.1, 0.15) is 0 Å². The first-order chi connectivity index (χ1) is 9.78. The highest BCUT2D eigenvalue weighted by atomic mass is 32.1. The summed E-state index contributed by atoms with van der Waals surface area (Å²) in [5, 5.41) is 0.826. The molecule has 0 bridgehead atoms. The maximum absolute atomic E-state index is 11.1. The first kappa shape index (κ1) is 14.6. The van der Waals surface area contributed by atoms with E-state index in [1.807, 2.05) is 18.2 Å². The molecule has 5 nitrogen and oxygen atoms in total. The first-order valence-electron chi connectivity index (χ1n) is 6.37. The van der Waals surface area contributed by atoms with E-state index in [0.717, 1.165) is 23.7 Å². The number of hydrogen-bond acceptors (Lipinski definition) is 6. The molecule has 0 saturated heterocycles. The molecular formula is C14H17N3O2S. The summed E-state index contributed by atoms with van der Waals surface area (Å²) in [5.74, 6) is 0. The summed E-state index contributed by atoms with van der Waals surface area (Å²) >= 11 is 1.39. The molecule has 0 unspecified atom stereocenters. The van der Waals surface area contributed by atoms with E-state index in [-0.39, 0.29) is 0 Å². The van der Waals surface area contributed by atoms with E-state index in [4.69, 9.17) is 4.74 Å². The summed E-state index contributed by atoms with van der Waals surface area (Å²) in [6.07, 6.45) is 2.61. The Morgan fingerprint density at radius 3 is 2.90 bits per heavy atom. The van der Waals surface area contributed by atoms with Gasteiger partial charge >= 0.3 is 0 Å². The molecule has 2 rings (SSSR count). The number of aldehydes is 1. The van der Waals surface area contributed by atoms with Gasteiger partial charge in [-0.3, -0.25) is 9.78 Å². The van der Waals surface area contributed by atoms with E-state index in [1.54, 1.807) is 13.3 Å². The van der Waals surface area contributed by atoms with Gasteiger partial charge in [0.2, 0.25) is 0 Å². The van der Waals surface area contributed by atoms with Crippen molar-refractivity contribution in [2.24, 2.45) is 0 Å². The zero-order valence-electron chi connectivity index (χ0n) is 11.6. The van der Waals surface area contributed by atoms with Crippen molar-refractivity contribution >= 4 is 22.8 Å². The predicted octanol–water partition coefficient (Wildman–Crippen LogP) is 2.52. The smallest absolute Gasteiger partial charge is 0.186 e. The zero-order valence-corrected chi connectivity index (χ0v) is 12.4. The minimum atomic E-state index is 0.353. The number of nitrogens with zero attached hydrogens (tertiary/aromatic N) is 3. The van der Waals surface area contributed by atoms with Crippen molar-refractivity contribution in [1.82, 2.24) is 9.97 Å². The number of pyridine rings is 1. The van der Waals surface area contributed by atoms with E-state index in [1.165, 1.54) is 11.3 Å². The van der Waals surface area contributed by atoms with Crippen molar-refractivity contribution in [3.8, 4) is 0 Å². The molecule has 0 aliphatic rings. The van der Waals surface area contributed by atoms with Gasteiger partial charge in [0.25, 0.3) is 0 Å². The fourth-order valence-corrected chi connectivity index (χ4v) is 2.77. The summed E-state index contributed by atoms with van der Waals surface area (Å²) in [5.41, 5.74) is 1.67. The quantitative estimate of drug-likeness (QED) is 0.734. The molecule has 0 spiro atoms. The Morgan fingerprint density at radius 1 is 1.45 bits per heavy atom. The van der Waals surface area contributed by atoms with E-state index >= 15 is 0 Å². The van der Waals surface area contributed by atoms with Crippen molar-refractivity contribution in [2.75, 3.05) is 18.6 Å². The molecule has 2 aromatic heterocycles. The third-order valence-corrected chi connectivity index (χ3v) is 3.92. The molecule has 106 valence electrons. The number of carbonyl (C=O) groups is 1. The van der Waals surface area contributed by atoms with Crippen LogP contribution in [0.5, 0.6) is 0 Å². The number of aromatic nitrogens is 2. The van der Waals surface area contributed by atoms with Crippen molar-refractivity contribution in [3.05, 3.63) is 40.7 Å². The SMILES string of the molecule is CCN(Cc1ccccn1)c1nc(COC)c(C=O)s1. The van der Waals surface area contributed by atoms with Gasteiger partial charge < -0.3 is 9.64 Å². The molecule has 6 heteroatoms. The Bertz CT molecular complexity index is 557. The van der Waals surface area contributed by atoms with Crippen LogP contribution < -0.4 is 4.90 Å². The third kappa shape index (κ3) is 3.40. The van der Waals surface area contributed by atoms with Crippen LogP contribution in [0, 0.1) is 0 Å². The van der Waals surface area contributed by atoms with Gasteiger partial charge in [-0.2, -0.15) is 0 Å². The van der Waals surface area contributed by atoms with Crippen molar-refractivity contribution in [2.45, 2.75) is 20.1 Å². The van der Waals surface area contributed by atoms with Gasteiger partial charge in [0, 0.05) is 19.9 Å². The van der Waals surface area contributed by atoms with Gasteiger partial charge in [-0.1, -0.05) is 17.4 Å². The normalized spacial score (nSPS) is 10.5. The second-order valence-electron chi connectivity index (χ2n) is 4.19. The van der Waals surface area contributed by atoms with E-state index in [9.17, 15) is 4.79 Å². The molecule has 0 aliphatic carbocycles. The lowest BCUT2D eigenvalue weighted by molar-refractivity contribution is 0.112. The second kappa shape index (κ2) is 7.12. The highest BCUT2D eigenvalue weighted by molar-refractivity contribution is 7.17. The van der Waals surface area contributed by atoms with Crippen molar-refractivity contribution < 1.29 is 9.53 Å². The predicted molar refractivity (Wildman–Crippen MR) is 79.2 cm³/mol. The summed E-state index contributed by atoms with van der Waals surface area (Å²) in [6.45, 7) is 3.89. The van der Waals surface area contributed by atoms with Crippen LogP contribution in [0.1, 0.15) is 28.0 Å². The minimum absolute atomic E-state index is 0.353. The van der Waals surface area contributed by atoms with Crippen LogP contribution in [0.4, 0.5) is 5.13 Å². The van der Waals surface area contributed by atoms with Crippen molar-refractivity contribution in [3.63, 3.8) is 0 Å². The molecule has 0 N–H and O–H groups in total. The van der Waals surface area contributed by atoms with E-state index in [2.05, 4.69) is 21.8 Å². The summed E-state index contributed by atoms with van der Waals surface area (Å²) in [6, 6.07) is 5.84. The Balaban J connectivity index is 2.21. The molecule has 0 atom stereocenters. The molecule has 0 radical (unpaired) electrons. The van der Waals surface area contributed by atoms with Crippen LogP contribution in [-0.2, 0) is 17.9 Å². The number of hydrogen-bond donors (Lipinski definition) is 0. The molecule has 0 amide bonds. The summed E-state index contributed by atoms with van der Waals surface area (Å²) in [7, 11) is 1.60. The number of rotatable bonds is 7. The van der Waals surface area contributed by atoms with E-state index in [0.29, 0.717) is 23.7 Å². The molecule has 20 heavy (non-hydrogen) atoms. The molecule has 0 aromatic carbocycles. The molecule has 0 aliphatic heterocycles. The number of carbonyl (C=O) groups excluding carboxylic acids is 1. The van der Waals surface area contributed by atoms with Crippen LogP contribution in [0.3, 0.4) is 0 Å². The first-order valence-corrected chi connectivity index (χ1v) is 7.18. The lowest BCUT2D eigenvalue weighted by Gasteiger charge is -2.19. The van der Waals surface area contributed by atoms with Crippen LogP contribution in [0.15, 0.2) is 24.4 Å². The number of thiazole rings is 1. The zero-order chi connectivity index (χ0) is 14.4. The Labute approximate surface area is 122 Å². The monoisotopic (exact) mass is 291 g/mol. The second-order valence-corrected chi connectivity index (χ2v) is 5.20. The standard InChI is InChI=1S/C14H17N3O2S/c1-3-17(8-11-6-4-5-7-15-11)14-16-12(10-19-2)13(9-18)20-14/h4-7,9H,3,8,10H2,1-2H3. The van der Waals surface area contributed by atoms with Crippen LogP contribution in [-0.4, -0.2) is 29.9 Å². The van der Waals surface area contributed by atoms with Crippen molar-refractivity contribution in [1.29, 1.82) is 0 Å². The third-order valence-electron chi connectivity index (χ3n) is 2.84. The van der Waals surface area contributed by atoms with E-state index < -0.39 is 0 Å². The molecule has 0 fully saturated rings. The van der Waals surface area contributed by atoms with Gasteiger partial charge in [-0.25, -0.2) is 4.98 Å². The maximum atomic E-state index is 11.1. The number of methoxy groups -OCH3 is 1. The lowest BCUT2D eigenvalue weighted by atomic mass is 10.3. The highest BCUT2D eigenvalue weighted by Gasteiger charge is 2.15. The summed E-state index contributed by atoms with van der Waals surface area (Å²) in [4.78, 5) is 22.6. The molecular weight excluding hydrogens is 274 g/mol. The lowest BCUT2D eigenvalue weighted by Crippen LogP contribution is -2.22. The van der Waals surface area contributed by atoms with Crippen LogP contribution in [0.25, 0.3) is 0 Å². The highest BCUT2D eigenvalue weighted by Crippen LogP contribution is 2.26. The Kier molecular flexibility index (Phi) is 5.20. The fourth-order valence-electron chi connectivity index (χ4n) is 1.82. The molecule has 2 heterocycles. The Morgan fingerprint density at radius 2 is 2.30 bits per heavy atom. The van der Waals surface area contributed by atoms with Gasteiger partial charge in [0.15, 0.2) is 11.4 Å². The average Bonchev–Trinajstić information content (AvgIpc) is 2.89. The maximum Gasteiger partial charge on any atom is 0.186 e. The minimum Gasteiger partial charge on any atom is -0.378 e. The molecule has 0 saturated carbocycles. The average molecular weight is 291 g/mol. The fraction of sp³-hybridized carbons (Fsp3) is 0.357. The van der Waals surface area contributed by atoms with Gasteiger partial charge in [-0.15, -0.1) is 0 Å². The van der Waals surface area contributed by atoms with Gasteiger partial charge in [-0.05, 0) is 19.1 Å². The number of ether oxygens (including phenoxy) is 1. The molecule has 2 aromatic rings.